The number of allylic oxidation sites excluding steroid dienone is 1. The fourth-order valence-electron chi connectivity index (χ4n) is 3.15. The molecule has 136 valence electrons. The molecule has 0 aliphatic heterocycles. The predicted octanol–water partition coefficient (Wildman–Crippen LogP) is 5.02. The average molecular weight is 369 g/mol. The Kier molecular flexibility index (Phi) is 5.47. The number of nitrogens with zero attached hydrogens (tertiary/aromatic N) is 2. The van der Waals surface area contributed by atoms with Gasteiger partial charge in [-0.3, -0.25) is 0 Å². The van der Waals surface area contributed by atoms with Gasteiger partial charge in [-0.1, -0.05) is 12.1 Å². The van der Waals surface area contributed by atoms with E-state index in [1.807, 2.05) is 18.2 Å². The van der Waals surface area contributed by atoms with E-state index in [0.29, 0.717) is 0 Å². The van der Waals surface area contributed by atoms with E-state index in [0.717, 1.165) is 40.7 Å². The van der Waals surface area contributed by atoms with Gasteiger partial charge in [-0.2, -0.15) is 0 Å². The maximum Gasteiger partial charge on any atom is 0.160 e. The monoisotopic (exact) mass is 368 g/mol. The second-order valence-corrected chi connectivity index (χ2v) is 7.12. The lowest BCUT2D eigenvalue weighted by Crippen LogP contribution is -1.99. The Labute approximate surface area is 158 Å². The molecule has 3 rings (SSSR count). The van der Waals surface area contributed by atoms with Crippen LogP contribution >= 0.6 is 11.3 Å². The second-order valence-electron chi connectivity index (χ2n) is 6.18. The SMILES string of the molecule is C=CCn1c(C)cc(-c2csc(Cc3ccc(OC)c(OC)c3)n2)c1C. The fourth-order valence-corrected chi connectivity index (χ4v) is 3.98. The first-order valence-electron chi connectivity index (χ1n) is 8.50. The molecule has 3 aromatic rings. The molecular formula is C21H24N2O2S. The molecule has 0 saturated carbocycles. The van der Waals surface area contributed by atoms with Crippen molar-refractivity contribution >= 4 is 11.3 Å². The zero-order valence-corrected chi connectivity index (χ0v) is 16.5. The number of hydrogen-bond acceptors (Lipinski definition) is 4. The molecular weight excluding hydrogens is 344 g/mol. The van der Waals surface area contributed by atoms with Crippen molar-refractivity contribution in [1.29, 1.82) is 0 Å². The third-order valence-corrected chi connectivity index (χ3v) is 5.37. The molecule has 0 atom stereocenters. The Morgan fingerprint density at radius 3 is 2.62 bits per heavy atom. The summed E-state index contributed by atoms with van der Waals surface area (Å²) in [6.45, 7) is 8.92. The van der Waals surface area contributed by atoms with Crippen molar-refractivity contribution in [3.63, 3.8) is 0 Å². The molecule has 0 amide bonds. The molecule has 0 bridgehead atoms. The van der Waals surface area contributed by atoms with Crippen LogP contribution in [0.25, 0.3) is 11.3 Å². The van der Waals surface area contributed by atoms with E-state index in [-0.39, 0.29) is 0 Å². The average Bonchev–Trinajstić information content (AvgIpc) is 3.21. The number of rotatable bonds is 7. The highest BCUT2D eigenvalue weighted by Crippen LogP contribution is 2.31. The summed E-state index contributed by atoms with van der Waals surface area (Å²) in [5.74, 6) is 1.49. The largest absolute Gasteiger partial charge is 0.493 e. The molecule has 0 N–H and O–H groups in total. The lowest BCUT2D eigenvalue weighted by molar-refractivity contribution is 0.354. The molecule has 0 saturated heterocycles. The number of methoxy groups -OCH3 is 2. The minimum Gasteiger partial charge on any atom is -0.493 e. The smallest absolute Gasteiger partial charge is 0.160 e. The first kappa shape index (κ1) is 18.3. The van der Waals surface area contributed by atoms with Crippen LogP contribution in [-0.2, 0) is 13.0 Å². The van der Waals surface area contributed by atoms with Gasteiger partial charge in [-0.05, 0) is 37.6 Å². The van der Waals surface area contributed by atoms with Gasteiger partial charge in [-0.25, -0.2) is 4.98 Å². The van der Waals surface area contributed by atoms with E-state index in [2.05, 4.69) is 42.5 Å². The van der Waals surface area contributed by atoms with E-state index in [4.69, 9.17) is 14.5 Å². The van der Waals surface area contributed by atoms with Crippen LogP contribution in [0.1, 0.15) is 22.0 Å². The van der Waals surface area contributed by atoms with Gasteiger partial charge < -0.3 is 14.0 Å². The molecule has 26 heavy (non-hydrogen) atoms. The minimum absolute atomic E-state index is 0.741. The van der Waals surface area contributed by atoms with Gasteiger partial charge in [0.15, 0.2) is 11.5 Å². The maximum atomic E-state index is 5.39. The summed E-state index contributed by atoms with van der Waals surface area (Å²) in [6, 6.07) is 8.20. The molecule has 5 heteroatoms. The van der Waals surface area contributed by atoms with Crippen LogP contribution < -0.4 is 9.47 Å². The van der Waals surface area contributed by atoms with E-state index >= 15 is 0 Å². The third-order valence-electron chi connectivity index (χ3n) is 4.52. The Hall–Kier alpha value is -2.53. The first-order valence-corrected chi connectivity index (χ1v) is 9.38. The third kappa shape index (κ3) is 3.53. The highest BCUT2D eigenvalue weighted by molar-refractivity contribution is 7.10. The minimum atomic E-state index is 0.741. The van der Waals surface area contributed by atoms with Gasteiger partial charge in [0, 0.05) is 35.3 Å². The van der Waals surface area contributed by atoms with Crippen LogP contribution in [0.3, 0.4) is 0 Å². The summed E-state index contributed by atoms with van der Waals surface area (Å²) in [7, 11) is 3.30. The zero-order chi connectivity index (χ0) is 18.7. The quantitative estimate of drug-likeness (QED) is 0.549. The number of hydrogen-bond donors (Lipinski definition) is 0. The fraction of sp³-hybridized carbons (Fsp3) is 0.286. The Balaban J connectivity index is 1.85. The summed E-state index contributed by atoms with van der Waals surface area (Å²) in [5, 5.41) is 3.22. The van der Waals surface area contributed by atoms with Crippen LogP contribution in [-0.4, -0.2) is 23.8 Å². The Morgan fingerprint density at radius 1 is 1.15 bits per heavy atom. The van der Waals surface area contributed by atoms with E-state index < -0.39 is 0 Å². The van der Waals surface area contributed by atoms with Gasteiger partial charge in [0.25, 0.3) is 0 Å². The summed E-state index contributed by atoms with van der Waals surface area (Å²) in [5.41, 5.74) is 5.84. The number of thiazole rings is 1. The molecule has 0 aliphatic rings. The lowest BCUT2D eigenvalue weighted by atomic mass is 10.1. The molecule has 0 radical (unpaired) electrons. The molecule has 2 aromatic heterocycles. The standard InChI is InChI=1S/C21H24N2O2S/c1-6-9-23-14(2)10-17(15(23)3)18-13-26-21(22-18)12-16-7-8-19(24-4)20(11-16)25-5/h6-8,10-11,13H,1,9,12H2,2-5H3. The van der Waals surface area contributed by atoms with Crippen LogP contribution in [0.4, 0.5) is 0 Å². The molecule has 0 spiro atoms. The topological polar surface area (TPSA) is 36.3 Å². The van der Waals surface area contributed by atoms with Crippen LogP contribution in [0.15, 0.2) is 42.3 Å². The van der Waals surface area contributed by atoms with Crippen LogP contribution in [0.5, 0.6) is 11.5 Å². The number of aryl methyl sites for hydroxylation is 1. The number of benzene rings is 1. The highest BCUT2D eigenvalue weighted by Gasteiger charge is 2.14. The van der Waals surface area contributed by atoms with Gasteiger partial charge in [0.05, 0.1) is 24.9 Å². The normalized spacial score (nSPS) is 10.8. The van der Waals surface area contributed by atoms with Gasteiger partial charge in [0.2, 0.25) is 0 Å². The molecule has 0 fully saturated rings. The summed E-state index contributed by atoms with van der Waals surface area (Å²) in [6.07, 6.45) is 2.70. The van der Waals surface area contributed by atoms with E-state index in [1.54, 1.807) is 25.6 Å². The maximum absolute atomic E-state index is 5.39. The molecule has 4 nitrogen and oxygen atoms in total. The van der Waals surface area contributed by atoms with Crippen molar-refractivity contribution in [1.82, 2.24) is 9.55 Å². The second kappa shape index (κ2) is 7.79. The molecule has 2 heterocycles. The molecule has 1 aromatic carbocycles. The van der Waals surface area contributed by atoms with E-state index in [1.165, 1.54) is 17.0 Å². The number of ether oxygens (including phenoxy) is 2. The van der Waals surface area contributed by atoms with Gasteiger partial charge in [-0.15, -0.1) is 17.9 Å². The first-order chi connectivity index (χ1) is 12.6. The Bertz CT molecular complexity index is 924. The van der Waals surface area contributed by atoms with E-state index in [9.17, 15) is 0 Å². The van der Waals surface area contributed by atoms with Crippen molar-refractivity contribution in [2.45, 2.75) is 26.8 Å². The summed E-state index contributed by atoms with van der Waals surface area (Å²) >= 11 is 1.69. The lowest BCUT2D eigenvalue weighted by Gasteiger charge is -2.08. The number of aromatic nitrogens is 2. The van der Waals surface area contributed by atoms with Gasteiger partial charge in [0.1, 0.15) is 0 Å². The van der Waals surface area contributed by atoms with Crippen LogP contribution in [0.2, 0.25) is 0 Å². The highest BCUT2D eigenvalue weighted by atomic mass is 32.1. The van der Waals surface area contributed by atoms with Crippen molar-refractivity contribution < 1.29 is 9.47 Å². The summed E-state index contributed by atoms with van der Waals surface area (Å²) < 4.78 is 13.0. The van der Waals surface area contributed by atoms with Crippen molar-refractivity contribution in [3.05, 3.63) is 64.3 Å². The van der Waals surface area contributed by atoms with Crippen LogP contribution in [0, 0.1) is 13.8 Å². The van der Waals surface area contributed by atoms with Gasteiger partial charge >= 0.3 is 0 Å². The predicted molar refractivity (Wildman–Crippen MR) is 108 cm³/mol. The Morgan fingerprint density at radius 2 is 1.92 bits per heavy atom. The zero-order valence-electron chi connectivity index (χ0n) is 15.7. The molecule has 0 unspecified atom stereocenters. The van der Waals surface area contributed by atoms with Crippen molar-refractivity contribution in [2.24, 2.45) is 0 Å². The molecule has 0 aliphatic carbocycles. The van der Waals surface area contributed by atoms with Crippen molar-refractivity contribution in [2.75, 3.05) is 14.2 Å². The summed E-state index contributed by atoms with van der Waals surface area (Å²) in [4.78, 5) is 4.86. The van der Waals surface area contributed by atoms with Crippen molar-refractivity contribution in [3.8, 4) is 22.8 Å².